The molecule has 0 aliphatic heterocycles. The SMILES string of the molecule is Cc1cccc(C)c1NC(=O)Cn1ccccc1=O. The average molecular weight is 256 g/mol. The lowest BCUT2D eigenvalue weighted by Crippen LogP contribution is -2.26. The summed E-state index contributed by atoms with van der Waals surface area (Å²) < 4.78 is 1.38. The highest BCUT2D eigenvalue weighted by Crippen LogP contribution is 2.19. The minimum atomic E-state index is -0.203. The van der Waals surface area contributed by atoms with Gasteiger partial charge in [0.25, 0.3) is 5.56 Å². The molecule has 1 amide bonds. The maximum absolute atomic E-state index is 12.0. The van der Waals surface area contributed by atoms with Gasteiger partial charge in [-0.05, 0) is 31.0 Å². The van der Waals surface area contributed by atoms with Crippen molar-refractivity contribution in [3.8, 4) is 0 Å². The van der Waals surface area contributed by atoms with E-state index in [9.17, 15) is 9.59 Å². The zero-order valence-corrected chi connectivity index (χ0v) is 11.0. The number of para-hydroxylation sites is 1. The molecule has 0 saturated carbocycles. The Balaban J connectivity index is 2.15. The van der Waals surface area contributed by atoms with Crippen molar-refractivity contribution in [3.63, 3.8) is 0 Å². The van der Waals surface area contributed by atoms with Gasteiger partial charge in [0.15, 0.2) is 0 Å². The molecule has 0 saturated heterocycles. The third kappa shape index (κ3) is 3.10. The van der Waals surface area contributed by atoms with E-state index >= 15 is 0 Å². The molecule has 0 fully saturated rings. The number of hydrogen-bond acceptors (Lipinski definition) is 2. The number of benzene rings is 1. The number of anilines is 1. The van der Waals surface area contributed by atoms with Crippen LogP contribution >= 0.6 is 0 Å². The van der Waals surface area contributed by atoms with E-state index in [1.807, 2.05) is 32.0 Å². The Morgan fingerprint density at radius 3 is 2.42 bits per heavy atom. The zero-order valence-electron chi connectivity index (χ0n) is 11.0. The van der Waals surface area contributed by atoms with E-state index in [0.717, 1.165) is 16.8 Å². The van der Waals surface area contributed by atoms with Crippen LogP contribution in [0.15, 0.2) is 47.4 Å². The van der Waals surface area contributed by atoms with Crippen LogP contribution in [-0.4, -0.2) is 10.5 Å². The van der Waals surface area contributed by atoms with Crippen LogP contribution in [0.25, 0.3) is 0 Å². The van der Waals surface area contributed by atoms with Crippen molar-refractivity contribution in [2.75, 3.05) is 5.32 Å². The molecule has 2 aromatic rings. The second-order valence-corrected chi connectivity index (χ2v) is 4.48. The number of carbonyl (C=O) groups excluding carboxylic acids is 1. The van der Waals surface area contributed by atoms with E-state index in [4.69, 9.17) is 0 Å². The Kier molecular flexibility index (Phi) is 3.80. The summed E-state index contributed by atoms with van der Waals surface area (Å²) in [5, 5.41) is 2.86. The van der Waals surface area contributed by atoms with E-state index in [0.29, 0.717) is 0 Å². The molecule has 1 heterocycles. The molecule has 2 rings (SSSR count). The Bertz CT molecular complexity index is 639. The summed E-state index contributed by atoms with van der Waals surface area (Å²) in [6.45, 7) is 3.90. The van der Waals surface area contributed by atoms with Gasteiger partial charge in [-0.1, -0.05) is 24.3 Å². The van der Waals surface area contributed by atoms with Gasteiger partial charge in [0.05, 0.1) is 0 Å². The van der Waals surface area contributed by atoms with E-state index in [1.54, 1.807) is 18.3 Å². The fraction of sp³-hybridized carbons (Fsp3) is 0.200. The van der Waals surface area contributed by atoms with E-state index in [1.165, 1.54) is 10.6 Å². The van der Waals surface area contributed by atoms with E-state index in [2.05, 4.69) is 5.32 Å². The largest absolute Gasteiger partial charge is 0.324 e. The molecule has 0 radical (unpaired) electrons. The number of carbonyl (C=O) groups is 1. The molecule has 0 spiro atoms. The molecule has 0 aliphatic rings. The number of nitrogens with one attached hydrogen (secondary N) is 1. The summed E-state index contributed by atoms with van der Waals surface area (Å²) in [6.07, 6.45) is 1.60. The zero-order chi connectivity index (χ0) is 13.8. The normalized spacial score (nSPS) is 10.2. The Hall–Kier alpha value is -2.36. The predicted octanol–water partition coefficient (Wildman–Crippen LogP) is 2.10. The molecule has 0 aliphatic carbocycles. The second kappa shape index (κ2) is 5.52. The lowest BCUT2D eigenvalue weighted by Gasteiger charge is -2.12. The molecule has 0 atom stereocenters. The number of hydrogen-bond donors (Lipinski definition) is 1. The highest BCUT2D eigenvalue weighted by molar-refractivity contribution is 5.92. The van der Waals surface area contributed by atoms with Crippen LogP contribution < -0.4 is 10.9 Å². The Labute approximate surface area is 111 Å². The first-order chi connectivity index (χ1) is 9.08. The molecular weight excluding hydrogens is 240 g/mol. The van der Waals surface area contributed by atoms with E-state index < -0.39 is 0 Å². The smallest absolute Gasteiger partial charge is 0.250 e. The number of nitrogens with zero attached hydrogens (tertiary/aromatic N) is 1. The monoisotopic (exact) mass is 256 g/mol. The van der Waals surface area contributed by atoms with Crippen LogP contribution in [0, 0.1) is 13.8 Å². The first-order valence-corrected chi connectivity index (χ1v) is 6.09. The van der Waals surface area contributed by atoms with Crippen molar-refractivity contribution in [1.29, 1.82) is 0 Å². The first-order valence-electron chi connectivity index (χ1n) is 6.09. The minimum Gasteiger partial charge on any atom is -0.324 e. The Morgan fingerprint density at radius 1 is 1.11 bits per heavy atom. The standard InChI is InChI=1S/C15H16N2O2/c1-11-6-5-7-12(2)15(11)16-13(18)10-17-9-4-3-8-14(17)19/h3-9H,10H2,1-2H3,(H,16,18). The van der Waals surface area contributed by atoms with Crippen LogP contribution in [0.1, 0.15) is 11.1 Å². The second-order valence-electron chi connectivity index (χ2n) is 4.48. The summed E-state index contributed by atoms with van der Waals surface area (Å²) >= 11 is 0. The summed E-state index contributed by atoms with van der Waals surface area (Å²) in [5.41, 5.74) is 2.65. The van der Waals surface area contributed by atoms with Gasteiger partial charge >= 0.3 is 0 Å². The van der Waals surface area contributed by atoms with Gasteiger partial charge < -0.3 is 9.88 Å². The van der Waals surface area contributed by atoms with Gasteiger partial charge in [0.1, 0.15) is 6.54 Å². The predicted molar refractivity (Wildman–Crippen MR) is 75.2 cm³/mol. The third-order valence-corrected chi connectivity index (χ3v) is 2.96. The van der Waals surface area contributed by atoms with Crippen molar-refractivity contribution in [2.45, 2.75) is 20.4 Å². The summed E-state index contributed by atoms with van der Waals surface area (Å²) in [5.74, 6) is -0.203. The highest BCUT2D eigenvalue weighted by Gasteiger charge is 2.08. The molecule has 4 nitrogen and oxygen atoms in total. The number of aromatic nitrogens is 1. The molecule has 0 bridgehead atoms. The van der Waals surface area contributed by atoms with Crippen molar-refractivity contribution in [1.82, 2.24) is 4.57 Å². The molecule has 1 N–H and O–H groups in total. The molecule has 1 aromatic carbocycles. The fourth-order valence-corrected chi connectivity index (χ4v) is 1.94. The van der Waals surface area contributed by atoms with Crippen molar-refractivity contribution < 1.29 is 4.79 Å². The molecule has 4 heteroatoms. The van der Waals surface area contributed by atoms with Gasteiger partial charge in [-0.25, -0.2) is 0 Å². The van der Waals surface area contributed by atoms with Crippen LogP contribution in [0.3, 0.4) is 0 Å². The van der Waals surface area contributed by atoms with Crippen LogP contribution in [0.5, 0.6) is 0 Å². The summed E-state index contributed by atoms with van der Waals surface area (Å²) in [4.78, 5) is 23.5. The van der Waals surface area contributed by atoms with Gasteiger partial charge in [0, 0.05) is 18.0 Å². The molecule has 19 heavy (non-hydrogen) atoms. The Morgan fingerprint density at radius 2 is 1.79 bits per heavy atom. The van der Waals surface area contributed by atoms with Gasteiger partial charge in [0.2, 0.25) is 5.91 Å². The van der Waals surface area contributed by atoms with Crippen LogP contribution in [0.2, 0.25) is 0 Å². The summed E-state index contributed by atoms with van der Waals surface area (Å²) in [6, 6.07) is 10.7. The summed E-state index contributed by atoms with van der Waals surface area (Å²) in [7, 11) is 0. The lowest BCUT2D eigenvalue weighted by molar-refractivity contribution is -0.116. The minimum absolute atomic E-state index is 0.0213. The van der Waals surface area contributed by atoms with Gasteiger partial charge in [-0.3, -0.25) is 9.59 Å². The maximum Gasteiger partial charge on any atom is 0.250 e. The number of amides is 1. The third-order valence-electron chi connectivity index (χ3n) is 2.96. The molecule has 98 valence electrons. The number of rotatable bonds is 3. The highest BCUT2D eigenvalue weighted by atomic mass is 16.2. The number of aryl methyl sites for hydroxylation is 2. The maximum atomic E-state index is 12.0. The molecular formula is C15H16N2O2. The lowest BCUT2D eigenvalue weighted by atomic mass is 10.1. The van der Waals surface area contributed by atoms with Crippen LogP contribution in [-0.2, 0) is 11.3 Å². The topological polar surface area (TPSA) is 51.1 Å². The van der Waals surface area contributed by atoms with E-state index in [-0.39, 0.29) is 18.0 Å². The van der Waals surface area contributed by atoms with Crippen molar-refractivity contribution in [2.24, 2.45) is 0 Å². The van der Waals surface area contributed by atoms with Gasteiger partial charge in [-0.2, -0.15) is 0 Å². The first kappa shape index (κ1) is 13.1. The van der Waals surface area contributed by atoms with Gasteiger partial charge in [-0.15, -0.1) is 0 Å². The van der Waals surface area contributed by atoms with Crippen molar-refractivity contribution >= 4 is 11.6 Å². The molecule has 0 unspecified atom stereocenters. The fourth-order valence-electron chi connectivity index (χ4n) is 1.94. The van der Waals surface area contributed by atoms with Crippen molar-refractivity contribution in [3.05, 3.63) is 64.1 Å². The molecule has 1 aromatic heterocycles. The number of pyridine rings is 1. The van der Waals surface area contributed by atoms with Crippen LogP contribution in [0.4, 0.5) is 5.69 Å². The average Bonchev–Trinajstić information content (AvgIpc) is 2.37. The quantitative estimate of drug-likeness (QED) is 0.914.